The van der Waals surface area contributed by atoms with E-state index in [4.69, 9.17) is 5.11 Å². The summed E-state index contributed by atoms with van der Waals surface area (Å²) in [6.07, 6.45) is 0. The number of urea groups is 1. The molecule has 0 aromatic carbocycles. The van der Waals surface area contributed by atoms with Crippen molar-refractivity contribution in [2.45, 2.75) is 33.7 Å². The van der Waals surface area contributed by atoms with E-state index in [1.165, 1.54) is 0 Å². The first kappa shape index (κ1) is 17.4. The highest BCUT2D eigenvalue weighted by molar-refractivity contribution is 5.95. The highest BCUT2D eigenvalue weighted by Crippen LogP contribution is 2.00. The quantitative estimate of drug-likeness (QED) is 0.529. The maximum atomic E-state index is 11.4. The monoisotopic (exact) mass is 273 g/mol. The number of nitrogens with one attached hydrogen (secondary N) is 3. The number of imide groups is 1. The molecule has 0 bridgehead atoms. The molecule has 0 radical (unpaired) electrons. The molecule has 110 valence electrons. The zero-order valence-electron chi connectivity index (χ0n) is 11.8. The average Bonchev–Trinajstić information content (AvgIpc) is 2.25. The van der Waals surface area contributed by atoms with Crippen LogP contribution in [-0.2, 0) is 9.59 Å². The van der Waals surface area contributed by atoms with Gasteiger partial charge in [-0.25, -0.2) is 4.79 Å². The zero-order chi connectivity index (χ0) is 15.0. The van der Waals surface area contributed by atoms with Gasteiger partial charge < -0.3 is 10.4 Å². The van der Waals surface area contributed by atoms with Crippen molar-refractivity contribution in [2.75, 3.05) is 13.1 Å². The Morgan fingerprint density at radius 2 is 1.68 bits per heavy atom. The molecule has 1 atom stereocenters. The van der Waals surface area contributed by atoms with Gasteiger partial charge in [0.1, 0.15) is 6.04 Å². The van der Waals surface area contributed by atoms with Crippen molar-refractivity contribution in [3.8, 4) is 0 Å². The Kier molecular flexibility index (Phi) is 7.74. The summed E-state index contributed by atoms with van der Waals surface area (Å²) in [6.45, 7) is 7.59. The first-order valence-electron chi connectivity index (χ1n) is 6.27. The summed E-state index contributed by atoms with van der Waals surface area (Å²) in [7, 11) is 0. The summed E-state index contributed by atoms with van der Waals surface area (Å²) in [4.78, 5) is 33.6. The third-order valence-corrected chi connectivity index (χ3v) is 2.34. The number of amides is 3. The number of carboxylic acid groups (broad SMARTS) is 1. The highest BCUT2D eigenvalue weighted by atomic mass is 16.4. The molecule has 0 fully saturated rings. The third kappa shape index (κ3) is 8.15. The molecule has 0 aliphatic carbocycles. The smallest absolute Gasteiger partial charge is 0.321 e. The van der Waals surface area contributed by atoms with Crippen molar-refractivity contribution in [1.82, 2.24) is 16.0 Å². The minimum absolute atomic E-state index is 0.153. The second-order valence-corrected chi connectivity index (χ2v) is 5.09. The molecule has 19 heavy (non-hydrogen) atoms. The highest BCUT2D eigenvalue weighted by Gasteiger charge is 2.21. The Balaban J connectivity index is 4.04. The standard InChI is InChI=1S/C12H23N3O4/c1-7(2)5-14-12(19)15-9(16)6-13-10(8(3)4)11(17)18/h7-8,10,13H,5-6H2,1-4H3,(H,17,18)(H2,14,15,16,19). The lowest BCUT2D eigenvalue weighted by Gasteiger charge is -2.17. The van der Waals surface area contributed by atoms with E-state index < -0.39 is 23.9 Å². The molecule has 1 unspecified atom stereocenters. The van der Waals surface area contributed by atoms with Gasteiger partial charge in [0, 0.05) is 6.54 Å². The maximum Gasteiger partial charge on any atom is 0.321 e. The fourth-order valence-corrected chi connectivity index (χ4v) is 1.32. The number of hydrogen-bond donors (Lipinski definition) is 4. The van der Waals surface area contributed by atoms with Crippen molar-refractivity contribution >= 4 is 17.9 Å². The molecule has 7 nitrogen and oxygen atoms in total. The summed E-state index contributed by atoms with van der Waals surface area (Å²) < 4.78 is 0. The van der Waals surface area contributed by atoms with Crippen molar-refractivity contribution in [1.29, 1.82) is 0 Å². The van der Waals surface area contributed by atoms with Gasteiger partial charge in [-0.1, -0.05) is 27.7 Å². The molecule has 0 aromatic rings. The van der Waals surface area contributed by atoms with Crippen LogP contribution in [0.2, 0.25) is 0 Å². The van der Waals surface area contributed by atoms with E-state index in [0.717, 1.165) is 0 Å². The molecule has 0 spiro atoms. The number of hydrogen-bond acceptors (Lipinski definition) is 4. The van der Waals surface area contributed by atoms with Crippen molar-refractivity contribution < 1.29 is 19.5 Å². The van der Waals surface area contributed by atoms with E-state index >= 15 is 0 Å². The van der Waals surface area contributed by atoms with Gasteiger partial charge in [-0.2, -0.15) is 0 Å². The van der Waals surface area contributed by atoms with Gasteiger partial charge >= 0.3 is 12.0 Å². The maximum absolute atomic E-state index is 11.4. The van der Waals surface area contributed by atoms with E-state index in [-0.39, 0.29) is 18.4 Å². The molecule has 4 N–H and O–H groups in total. The lowest BCUT2D eigenvalue weighted by atomic mass is 10.1. The second-order valence-electron chi connectivity index (χ2n) is 5.09. The van der Waals surface area contributed by atoms with Gasteiger partial charge in [0.25, 0.3) is 0 Å². The summed E-state index contributed by atoms with van der Waals surface area (Å²) in [5.41, 5.74) is 0. The van der Waals surface area contributed by atoms with Crippen LogP contribution in [0.4, 0.5) is 4.79 Å². The molecule has 0 saturated heterocycles. The first-order valence-corrected chi connectivity index (χ1v) is 6.27. The van der Waals surface area contributed by atoms with Crippen LogP contribution in [0.15, 0.2) is 0 Å². The minimum Gasteiger partial charge on any atom is -0.480 e. The van der Waals surface area contributed by atoms with Crippen LogP contribution in [0, 0.1) is 11.8 Å². The number of carbonyl (C=O) groups excluding carboxylic acids is 2. The topological polar surface area (TPSA) is 108 Å². The van der Waals surface area contributed by atoms with E-state index in [1.54, 1.807) is 13.8 Å². The van der Waals surface area contributed by atoms with Crippen LogP contribution < -0.4 is 16.0 Å². The van der Waals surface area contributed by atoms with E-state index in [9.17, 15) is 14.4 Å². The molecular formula is C12H23N3O4. The second kappa shape index (κ2) is 8.47. The van der Waals surface area contributed by atoms with Crippen molar-refractivity contribution in [2.24, 2.45) is 11.8 Å². The first-order chi connectivity index (χ1) is 8.73. The summed E-state index contributed by atoms with van der Waals surface area (Å²) in [6, 6.07) is -1.39. The van der Waals surface area contributed by atoms with Crippen LogP contribution in [0.5, 0.6) is 0 Å². The van der Waals surface area contributed by atoms with E-state index in [1.807, 2.05) is 13.8 Å². The predicted molar refractivity (Wildman–Crippen MR) is 70.6 cm³/mol. The molecule has 0 rings (SSSR count). The van der Waals surface area contributed by atoms with Crippen LogP contribution in [0.1, 0.15) is 27.7 Å². The SMILES string of the molecule is CC(C)CNC(=O)NC(=O)CNC(C(=O)O)C(C)C. The van der Waals surface area contributed by atoms with Gasteiger partial charge in [-0.15, -0.1) is 0 Å². The van der Waals surface area contributed by atoms with Crippen LogP contribution in [-0.4, -0.2) is 42.1 Å². The number of carbonyl (C=O) groups is 3. The van der Waals surface area contributed by atoms with Gasteiger partial charge in [-0.05, 0) is 11.8 Å². The molecule has 7 heteroatoms. The Morgan fingerprint density at radius 3 is 2.11 bits per heavy atom. The lowest BCUT2D eigenvalue weighted by molar-refractivity contribution is -0.140. The van der Waals surface area contributed by atoms with Crippen LogP contribution in [0.3, 0.4) is 0 Å². The molecule has 0 aliphatic heterocycles. The average molecular weight is 273 g/mol. The third-order valence-electron chi connectivity index (χ3n) is 2.34. The molecule has 0 saturated carbocycles. The van der Waals surface area contributed by atoms with Crippen molar-refractivity contribution in [3.63, 3.8) is 0 Å². The minimum atomic E-state index is -1.02. The molecular weight excluding hydrogens is 250 g/mol. The lowest BCUT2D eigenvalue weighted by Crippen LogP contribution is -2.49. The molecule has 0 heterocycles. The number of rotatable bonds is 7. The molecule has 0 aliphatic rings. The van der Waals surface area contributed by atoms with Crippen LogP contribution in [0.25, 0.3) is 0 Å². The normalized spacial score (nSPS) is 12.3. The predicted octanol–water partition coefficient (Wildman–Crippen LogP) is 0.167. The van der Waals surface area contributed by atoms with E-state index in [2.05, 4.69) is 16.0 Å². The number of aliphatic carboxylic acids is 1. The van der Waals surface area contributed by atoms with Gasteiger partial charge in [0.2, 0.25) is 5.91 Å². The van der Waals surface area contributed by atoms with Gasteiger partial charge in [0.15, 0.2) is 0 Å². The molecule has 0 aromatic heterocycles. The Bertz CT molecular complexity index is 329. The zero-order valence-corrected chi connectivity index (χ0v) is 11.8. The summed E-state index contributed by atoms with van der Waals surface area (Å²) in [5.74, 6) is -1.45. The Labute approximate surface area is 113 Å². The van der Waals surface area contributed by atoms with Gasteiger partial charge in [0.05, 0.1) is 6.54 Å². The Morgan fingerprint density at radius 1 is 1.11 bits per heavy atom. The van der Waals surface area contributed by atoms with E-state index in [0.29, 0.717) is 6.54 Å². The Hall–Kier alpha value is -1.63. The summed E-state index contributed by atoms with van der Waals surface area (Å²) >= 11 is 0. The number of carboxylic acids is 1. The largest absolute Gasteiger partial charge is 0.480 e. The fraction of sp³-hybridized carbons (Fsp3) is 0.750. The molecule has 3 amide bonds. The van der Waals surface area contributed by atoms with Crippen LogP contribution >= 0.6 is 0 Å². The van der Waals surface area contributed by atoms with Gasteiger partial charge in [-0.3, -0.25) is 20.2 Å². The summed E-state index contributed by atoms with van der Waals surface area (Å²) in [5, 5.41) is 16.2. The fourth-order valence-electron chi connectivity index (χ4n) is 1.32. The van der Waals surface area contributed by atoms with Crippen molar-refractivity contribution in [3.05, 3.63) is 0 Å².